The van der Waals surface area contributed by atoms with Crippen molar-refractivity contribution in [2.75, 3.05) is 51.3 Å². The van der Waals surface area contributed by atoms with E-state index in [0.29, 0.717) is 6.42 Å². The number of methoxy groups -OCH3 is 1. The highest BCUT2D eigenvalue weighted by Crippen LogP contribution is 2.16. The smallest absolute Gasteiger partial charge is 0.223 e. The third kappa shape index (κ3) is 5.73. The number of anilines is 1. The van der Waals surface area contributed by atoms with Crippen molar-refractivity contribution in [1.29, 1.82) is 0 Å². The van der Waals surface area contributed by atoms with Gasteiger partial charge in [-0.25, -0.2) is 0 Å². The molecule has 1 fully saturated rings. The highest BCUT2D eigenvalue weighted by molar-refractivity contribution is 5.76. The Morgan fingerprint density at radius 3 is 2.52 bits per heavy atom. The van der Waals surface area contributed by atoms with Gasteiger partial charge in [0, 0.05) is 44.8 Å². The minimum absolute atomic E-state index is 0.247. The lowest BCUT2D eigenvalue weighted by atomic mass is 10.1. The first-order valence-electron chi connectivity index (χ1n) is 9.67. The summed E-state index contributed by atoms with van der Waals surface area (Å²) in [7, 11) is 1.68. The molecule has 2 aromatic carbocycles. The molecular formula is C22H29N3O2. The van der Waals surface area contributed by atoms with Gasteiger partial charge in [0.25, 0.3) is 0 Å². The molecule has 3 rings (SSSR count). The first-order valence-corrected chi connectivity index (χ1v) is 9.67. The number of carbonyl (C=O) groups is 1. The lowest BCUT2D eigenvalue weighted by Crippen LogP contribution is -2.49. The minimum atomic E-state index is 0.247. The Morgan fingerprint density at radius 1 is 1.00 bits per heavy atom. The van der Waals surface area contributed by atoms with Crippen LogP contribution in [-0.4, -0.2) is 57.2 Å². The summed E-state index contributed by atoms with van der Waals surface area (Å²) in [5.74, 6) is 1.13. The molecule has 0 radical (unpaired) electrons. The fourth-order valence-electron chi connectivity index (χ4n) is 3.39. The average Bonchev–Trinajstić information content (AvgIpc) is 2.74. The summed E-state index contributed by atoms with van der Waals surface area (Å²) in [5.41, 5.74) is 2.48. The summed E-state index contributed by atoms with van der Waals surface area (Å²) >= 11 is 0. The Labute approximate surface area is 161 Å². The molecule has 1 N–H and O–H groups in total. The van der Waals surface area contributed by atoms with Crippen LogP contribution in [0.5, 0.6) is 5.75 Å². The molecule has 0 spiro atoms. The van der Waals surface area contributed by atoms with Gasteiger partial charge in [0.05, 0.1) is 7.11 Å². The Bertz CT molecular complexity index is 713. The average molecular weight is 367 g/mol. The van der Waals surface area contributed by atoms with Gasteiger partial charge in [0.2, 0.25) is 5.91 Å². The lowest BCUT2D eigenvalue weighted by molar-refractivity contribution is -0.131. The van der Waals surface area contributed by atoms with Gasteiger partial charge in [-0.05, 0) is 42.8 Å². The number of carbonyl (C=O) groups excluding carboxylic acids is 1. The highest BCUT2D eigenvalue weighted by Gasteiger charge is 2.20. The molecule has 5 heteroatoms. The number of nitrogens with zero attached hydrogens (tertiary/aromatic N) is 2. The first kappa shape index (κ1) is 19.2. The van der Waals surface area contributed by atoms with Crippen LogP contribution in [0.25, 0.3) is 0 Å². The second-order valence-corrected chi connectivity index (χ2v) is 6.80. The molecule has 1 amide bonds. The number of hydrogen-bond acceptors (Lipinski definition) is 4. The van der Waals surface area contributed by atoms with E-state index in [9.17, 15) is 4.79 Å². The predicted octanol–water partition coefficient (Wildman–Crippen LogP) is 2.57. The summed E-state index contributed by atoms with van der Waals surface area (Å²) < 4.78 is 5.24. The molecule has 0 aromatic heterocycles. The largest absolute Gasteiger partial charge is 0.497 e. The molecule has 27 heavy (non-hydrogen) atoms. The van der Waals surface area contributed by atoms with Crippen molar-refractivity contribution in [3.63, 3.8) is 0 Å². The van der Waals surface area contributed by atoms with Crippen LogP contribution in [0.1, 0.15) is 12.0 Å². The molecule has 1 aliphatic heterocycles. The summed E-state index contributed by atoms with van der Waals surface area (Å²) in [6.07, 6.45) is 1.49. The number of amides is 1. The van der Waals surface area contributed by atoms with Gasteiger partial charge in [-0.3, -0.25) is 4.79 Å². The summed E-state index contributed by atoms with van der Waals surface area (Å²) in [4.78, 5) is 16.7. The molecule has 144 valence electrons. The Balaban J connectivity index is 1.32. The number of para-hydroxylation sites is 1. The van der Waals surface area contributed by atoms with Crippen LogP contribution in [0.2, 0.25) is 0 Å². The number of benzene rings is 2. The predicted molar refractivity (Wildman–Crippen MR) is 109 cm³/mol. The van der Waals surface area contributed by atoms with Crippen molar-refractivity contribution < 1.29 is 9.53 Å². The fraction of sp³-hybridized carbons (Fsp3) is 0.409. The number of piperazine rings is 1. The highest BCUT2D eigenvalue weighted by atomic mass is 16.5. The van der Waals surface area contributed by atoms with E-state index in [1.54, 1.807) is 7.11 Å². The molecule has 1 saturated heterocycles. The number of ether oxygens (including phenoxy) is 1. The van der Waals surface area contributed by atoms with Crippen LogP contribution in [0.4, 0.5) is 5.69 Å². The van der Waals surface area contributed by atoms with Crippen molar-refractivity contribution >= 4 is 11.6 Å². The van der Waals surface area contributed by atoms with Gasteiger partial charge in [-0.2, -0.15) is 0 Å². The Kier molecular flexibility index (Phi) is 7.11. The summed E-state index contributed by atoms with van der Waals surface area (Å²) in [6, 6.07) is 18.5. The van der Waals surface area contributed by atoms with Crippen LogP contribution >= 0.6 is 0 Å². The van der Waals surface area contributed by atoms with Crippen molar-refractivity contribution in [3.05, 3.63) is 60.2 Å². The van der Waals surface area contributed by atoms with E-state index in [2.05, 4.69) is 46.6 Å². The number of rotatable bonds is 8. The maximum atomic E-state index is 12.4. The molecular weight excluding hydrogens is 338 g/mol. The molecule has 0 bridgehead atoms. The van der Waals surface area contributed by atoms with Crippen molar-refractivity contribution in [1.82, 2.24) is 10.2 Å². The molecule has 0 aliphatic carbocycles. The van der Waals surface area contributed by atoms with E-state index in [1.165, 1.54) is 11.3 Å². The zero-order valence-electron chi connectivity index (χ0n) is 16.1. The van der Waals surface area contributed by atoms with E-state index in [0.717, 1.165) is 51.4 Å². The van der Waals surface area contributed by atoms with Crippen molar-refractivity contribution in [2.45, 2.75) is 12.8 Å². The van der Waals surface area contributed by atoms with Gasteiger partial charge in [0.15, 0.2) is 0 Å². The second-order valence-electron chi connectivity index (χ2n) is 6.80. The van der Waals surface area contributed by atoms with Gasteiger partial charge < -0.3 is 19.9 Å². The Morgan fingerprint density at radius 2 is 1.78 bits per heavy atom. The van der Waals surface area contributed by atoms with Gasteiger partial charge in [-0.1, -0.05) is 30.3 Å². The Hall–Kier alpha value is -2.53. The molecule has 0 atom stereocenters. The van der Waals surface area contributed by atoms with Crippen molar-refractivity contribution in [3.8, 4) is 5.75 Å². The molecule has 5 nitrogen and oxygen atoms in total. The van der Waals surface area contributed by atoms with Crippen LogP contribution in [0.15, 0.2) is 54.6 Å². The van der Waals surface area contributed by atoms with E-state index < -0.39 is 0 Å². The molecule has 2 aromatic rings. The fourth-order valence-corrected chi connectivity index (χ4v) is 3.39. The number of nitrogens with one attached hydrogen (secondary N) is 1. The molecule has 0 saturated carbocycles. The van der Waals surface area contributed by atoms with Crippen LogP contribution in [0.3, 0.4) is 0 Å². The van der Waals surface area contributed by atoms with Gasteiger partial charge in [-0.15, -0.1) is 0 Å². The second kappa shape index (κ2) is 9.97. The van der Waals surface area contributed by atoms with Gasteiger partial charge >= 0.3 is 0 Å². The lowest BCUT2D eigenvalue weighted by Gasteiger charge is -2.36. The van der Waals surface area contributed by atoms with Crippen LogP contribution in [0, 0.1) is 0 Å². The normalized spacial score (nSPS) is 14.3. The van der Waals surface area contributed by atoms with E-state index in [4.69, 9.17) is 4.74 Å². The SMILES string of the molecule is COc1cccc(CCNCCC(=O)N2CCN(c3ccccc3)CC2)c1. The number of hydrogen-bond donors (Lipinski definition) is 1. The molecule has 1 heterocycles. The first-order chi connectivity index (χ1) is 13.3. The standard InChI is InChI=1S/C22H29N3O2/c1-27-21-9-5-6-19(18-21)10-12-23-13-11-22(26)25-16-14-24(15-17-25)20-7-3-2-4-8-20/h2-9,18,23H,10-17H2,1H3. The topological polar surface area (TPSA) is 44.8 Å². The maximum absolute atomic E-state index is 12.4. The summed E-state index contributed by atoms with van der Waals surface area (Å²) in [5, 5.41) is 3.38. The van der Waals surface area contributed by atoms with E-state index in [-0.39, 0.29) is 5.91 Å². The maximum Gasteiger partial charge on any atom is 0.223 e. The van der Waals surface area contributed by atoms with Crippen LogP contribution < -0.4 is 15.0 Å². The van der Waals surface area contributed by atoms with E-state index in [1.807, 2.05) is 23.1 Å². The molecule has 1 aliphatic rings. The summed E-state index contributed by atoms with van der Waals surface area (Å²) in [6.45, 7) is 5.00. The monoisotopic (exact) mass is 367 g/mol. The third-order valence-electron chi connectivity index (χ3n) is 4.99. The van der Waals surface area contributed by atoms with Crippen LogP contribution in [-0.2, 0) is 11.2 Å². The van der Waals surface area contributed by atoms with Crippen molar-refractivity contribution in [2.24, 2.45) is 0 Å². The third-order valence-corrected chi connectivity index (χ3v) is 4.99. The molecule has 0 unspecified atom stereocenters. The van der Waals surface area contributed by atoms with E-state index >= 15 is 0 Å². The zero-order valence-corrected chi connectivity index (χ0v) is 16.1. The zero-order chi connectivity index (χ0) is 18.9. The van der Waals surface area contributed by atoms with Gasteiger partial charge in [0.1, 0.15) is 5.75 Å². The quantitative estimate of drug-likeness (QED) is 0.729. The minimum Gasteiger partial charge on any atom is -0.497 e.